The first-order valence-corrected chi connectivity index (χ1v) is 7.04. The number of aromatic amines is 1. The second-order valence-corrected chi connectivity index (χ2v) is 5.70. The summed E-state index contributed by atoms with van der Waals surface area (Å²) in [6, 6.07) is 6.56. The van der Waals surface area contributed by atoms with Gasteiger partial charge in [0, 0.05) is 18.1 Å². The fourth-order valence-corrected chi connectivity index (χ4v) is 2.10. The van der Waals surface area contributed by atoms with E-state index in [2.05, 4.69) is 9.71 Å². The van der Waals surface area contributed by atoms with Crippen molar-refractivity contribution in [3.63, 3.8) is 0 Å². The summed E-state index contributed by atoms with van der Waals surface area (Å²) in [7, 11) is -3.27. The molecule has 0 atom stereocenters. The van der Waals surface area contributed by atoms with Crippen LogP contribution in [0.1, 0.15) is 6.92 Å². The number of hydrogen-bond acceptors (Lipinski definition) is 3. The van der Waals surface area contributed by atoms with Crippen LogP contribution in [-0.2, 0) is 10.0 Å². The summed E-state index contributed by atoms with van der Waals surface area (Å²) in [6.07, 6.45) is 3.14. The predicted molar refractivity (Wildman–Crippen MR) is 69.5 cm³/mol. The lowest BCUT2D eigenvalue weighted by molar-refractivity contribution is 0.602. The van der Waals surface area contributed by atoms with Crippen molar-refractivity contribution < 1.29 is 8.42 Å². The van der Waals surface area contributed by atoms with E-state index < -0.39 is 10.0 Å². The van der Waals surface area contributed by atoms with Gasteiger partial charge < -0.3 is 4.98 Å². The topological polar surface area (TPSA) is 84.0 Å². The highest BCUT2D eigenvalue weighted by Gasteiger charge is 2.06. The number of anilines is 1. The Bertz CT molecular complexity index is 683. The van der Waals surface area contributed by atoms with E-state index in [4.69, 9.17) is 0 Å². The van der Waals surface area contributed by atoms with Crippen LogP contribution in [0.25, 0.3) is 5.69 Å². The van der Waals surface area contributed by atoms with Gasteiger partial charge in [-0.3, -0.25) is 9.29 Å². The number of nitrogens with zero attached hydrogens (tertiary/aromatic N) is 1. The molecule has 2 N–H and O–H groups in total. The third kappa shape index (κ3) is 2.62. The molecule has 0 saturated carbocycles. The van der Waals surface area contributed by atoms with Crippen LogP contribution >= 0.6 is 0 Å². The van der Waals surface area contributed by atoms with Crippen molar-refractivity contribution in [3.8, 4) is 5.69 Å². The van der Waals surface area contributed by atoms with Crippen LogP contribution in [0.4, 0.5) is 5.69 Å². The molecule has 2 aromatic rings. The third-order valence-corrected chi connectivity index (χ3v) is 3.75. The molecule has 0 fully saturated rings. The lowest BCUT2D eigenvalue weighted by Gasteiger charge is -2.07. The maximum Gasteiger partial charge on any atom is 0.330 e. The summed E-state index contributed by atoms with van der Waals surface area (Å²) in [5.41, 5.74) is 0.904. The van der Waals surface area contributed by atoms with Crippen LogP contribution in [0.5, 0.6) is 0 Å². The fourth-order valence-electron chi connectivity index (χ4n) is 1.47. The Balaban J connectivity index is 2.26. The first-order valence-electron chi connectivity index (χ1n) is 5.39. The van der Waals surface area contributed by atoms with Crippen LogP contribution in [-0.4, -0.2) is 23.7 Å². The zero-order chi connectivity index (χ0) is 13.2. The first-order chi connectivity index (χ1) is 8.52. The monoisotopic (exact) mass is 267 g/mol. The Morgan fingerprint density at radius 1 is 1.28 bits per heavy atom. The second kappa shape index (κ2) is 4.69. The smallest absolute Gasteiger partial charge is 0.312 e. The average molecular weight is 267 g/mol. The predicted octanol–water partition coefficient (Wildman–Crippen LogP) is 0.927. The summed E-state index contributed by atoms with van der Waals surface area (Å²) in [6.45, 7) is 1.57. The van der Waals surface area contributed by atoms with E-state index in [-0.39, 0.29) is 11.4 Å². The van der Waals surface area contributed by atoms with Gasteiger partial charge in [0.25, 0.3) is 0 Å². The number of aromatic nitrogens is 2. The Labute approximate surface area is 104 Å². The van der Waals surface area contributed by atoms with E-state index >= 15 is 0 Å². The number of benzene rings is 1. The van der Waals surface area contributed by atoms with Gasteiger partial charge in [-0.25, -0.2) is 13.2 Å². The fraction of sp³-hybridized carbons (Fsp3) is 0.182. The molecule has 0 aliphatic carbocycles. The molecule has 0 saturated heterocycles. The number of H-pyrrole nitrogens is 1. The highest BCUT2D eigenvalue weighted by Crippen LogP contribution is 2.13. The van der Waals surface area contributed by atoms with Gasteiger partial charge in [-0.05, 0) is 31.2 Å². The van der Waals surface area contributed by atoms with Gasteiger partial charge in [0.15, 0.2) is 0 Å². The molecule has 1 heterocycles. The van der Waals surface area contributed by atoms with Crippen molar-refractivity contribution in [2.45, 2.75) is 6.92 Å². The minimum Gasteiger partial charge on any atom is -0.312 e. The Morgan fingerprint density at radius 3 is 2.44 bits per heavy atom. The van der Waals surface area contributed by atoms with Gasteiger partial charge in [-0.15, -0.1) is 0 Å². The Hall–Kier alpha value is -2.02. The summed E-state index contributed by atoms with van der Waals surface area (Å²) in [4.78, 5) is 13.9. The van der Waals surface area contributed by atoms with E-state index in [0.717, 1.165) is 0 Å². The van der Waals surface area contributed by atoms with E-state index in [1.807, 2.05) is 0 Å². The van der Waals surface area contributed by atoms with Crippen LogP contribution < -0.4 is 10.4 Å². The van der Waals surface area contributed by atoms with Gasteiger partial charge >= 0.3 is 5.69 Å². The van der Waals surface area contributed by atoms with Crippen molar-refractivity contribution in [2.75, 3.05) is 10.5 Å². The maximum atomic E-state index is 11.4. The molecule has 18 heavy (non-hydrogen) atoms. The molecule has 0 bridgehead atoms. The lowest BCUT2D eigenvalue weighted by Crippen LogP contribution is -2.15. The van der Waals surface area contributed by atoms with Gasteiger partial charge in [0.1, 0.15) is 0 Å². The van der Waals surface area contributed by atoms with Crippen LogP contribution in [0.2, 0.25) is 0 Å². The van der Waals surface area contributed by atoms with Crippen LogP contribution in [0.15, 0.2) is 41.5 Å². The van der Waals surface area contributed by atoms with Gasteiger partial charge in [0.2, 0.25) is 10.0 Å². The molecule has 2 rings (SSSR count). The highest BCUT2D eigenvalue weighted by atomic mass is 32.2. The Morgan fingerprint density at radius 2 is 1.94 bits per heavy atom. The number of imidazole rings is 1. The molecule has 0 aliphatic heterocycles. The molecule has 0 unspecified atom stereocenters. The lowest BCUT2D eigenvalue weighted by atomic mass is 10.3. The average Bonchev–Trinajstić information content (AvgIpc) is 2.76. The molecule has 1 aromatic carbocycles. The van der Waals surface area contributed by atoms with E-state index in [0.29, 0.717) is 11.4 Å². The van der Waals surface area contributed by atoms with E-state index in [9.17, 15) is 13.2 Å². The molecule has 7 heteroatoms. The van der Waals surface area contributed by atoms with Gasteiger partial charge in [-0.1, -0.05) is 0 Å². The molecule has 0 aliphatic rings. The largest absolute Gasteiger partial charge is 0.330 e. The van der Waals surface area contributed by atoms with E-state index in [1.165, 1.54) is 10.8 Å². The standard InChI is InChI=1S/C11H13N3O3S/c1-2-18(16,17)13-9-3-5-10(6-4-9)14-8-7-12-11(14)15/h3-8,13H,2H2,1H3,(H,12,15). The van der Waals surface area contributed by atoms with Gasteiger partial charge in [-0.2, -0.15) is 0 Å². The zero-order valence-corrected chi connectivity index (χ0v) is 10.6. The van der Waals surface area contributed by atoms with Crippen molar-refractivity contribution in [1.82, 2.24) is 9.55 Å². The Kier molecular flexibility index (Phi) is 3.24. The summed E-state index contributed by atoms with van der Waals surface area (Å²) < 4.78 is 26.6. The molecule has 6 nitrogen and oxygen atoms in total. The minimum absolute atomic E-state index is 0.0199. The molecule has 0 radical (unpaired) electrons. The number of sulfonamides is 1. The zero-order valence-electron chi connectivity index (χ0n) is 9.75. The molecule has 0 amide bonds. The van der Waals surface area contributed by atoms with Gasteiger partial charge in [0.05, 0.1) is 11.4 Å². The van der Waals surface area contributed by atoms with Crippen molar-refractivity contribution in [1.29, 1.82) is 0 Å². The molecule has 96 valence electrons. The number of hydrogen-bond donors (Lipinski definition) is 2. The second-order valence-electron chi connectivity index (χ2n) is 3.69. The molecule has 1 aromatic heterocycles. The first kappa shape index (κ1) is 12.4. The van der Waals surface area contributed by atoms with Crippen molar-refractivity contribution in [2.24, 2.45) is 0 Å². The maximum absolute atomic E-state index is 11.4. The van der Waals surface area contributed by atoms with Crippen LogP contribution in [0, 0.1) is 0 Å². The number of nitrogens with one attached hydrogen (secondary N) is 2. The highest BCUT2D eigenvalue weighted by molar-refractivity contribution is 7.92. The molecule has 0 spiro atoms. The normalized spacial score (nSPS) is 11.4. The summed E-state index contributed by atoms with van der Waals surface area (Å²) in [5, 5.41) is 0. The van der Waals surface area contributed by atoms with E-state index in [1.54, 1.807) is 37.4 Å². The summed E-state index contributed by atoms with van der Waals surface area (Å²) >= 11 is 0. The van der Waals surface area contributed by atoms with Crippen LogP contribution in [0.3, 0.4) is 0 Å². The minimum atomic E-state index is -3.27. The quantitative estimate of drug-likeness (QED) is 0.864. The molecular weight excluding hydrogens is 254 g/mol. The van der Waals surface area contributed by atoms with Crippen molar-refractivity contribution >= 4 is 15.7 Å². The third-order valence-electron chi connectivity index (χ3n) is 2.45. The molecular formula is C11H13N3O3S. The van der Waals surface area contributed by atoms with Crippen molar-refractivity contribution in [3.05, 3.63) is 47.1 Å². The SMILES string of the molecule is CCS(=O)(=O)Nc1ccc(-n2cc[nH]c2=O)cc1. The summed E-state index contributed by atoms with van der Waals surface area (Å²) in [5.74, 6) is 0.0199. The number of rotatable bonds is 4.